The maximum atomic E-state index is 12.2. The SMILES string of the molecule is COC(=O)c1sccc1NC(=O)CN(C)Cc1ccc(C(C)C)cc1. The number of esters is 1. The third kappa shape index (κ3) is 5.41. The maximum absolute atomic E-state index is 12.2. The summed E-state index contributed by atoms with van der Waals surface area (Å²) in [6.07, 6.45) is 0. The Labute approximate surface area is 152 Å². The molecule has 0 aliphatic carbocycles. The van der Waals surface area contributed by atoms with Gasteiger partial charge in [0.1, 0.15) is 4.88 Å². The van der Waals surface area contributed by atoms with Crippen molar-refractivity contribution in [3.8, 4) is 0 Å². The van der Waals surface area contributed by atoms with Crippen LogP contribution in [0.15, 0.2) is 35.7 Å². The molecule has 0 fully saturated rings. The van der Waals surface area contributed by atoms with E-state index in [0.717, 1.165) is 5.56 Å². The van der Waals surface area contributed by atoms with Crippen LogP contribution in [0.25, 0.3) is 0 Å². The van der Waals surface area contributed by atoms with Crippen LogP contribution < -0.4 is 5.32 Å². The first-order valence-electron chi connectivity index (χ1n) is 8.13. The number of anilines is 1. The van der Waals surface area contributed by atoms with Crippen molar-refractivity contribution in [1.82, 2.24) is 4.90 Å². The monoisotopic (exact) mass is 360 g/mol. The summed E-state index contributed by atoms with van der Waals surface area (Å²) in [7, 11) is 3.22. The predicted molar refractivity (Wildman–Crippen MR) is 101 cm³/mol. The van der Waals surface area contributed by atoms with Crippen LogP contribution in [-0.4, -0.2) is 37.5 Å². The lowest BCUT2D eigenvalue weighted by atomic mass is 10.0. The van der Waals surface area contributed by atoms with Crippen molar-refractivity contribution in [3.63, 3.8) is 0 Å². The number of amides is 1. The van der Waals surface area contributed by atoms with E-state index in [1.54, 1.807) is 11.4 Å². The Bertz CT molecular complexity index is 723. The molecule has 2 rings (SSSR count). The van der Waals surface area contributed by atoms with Gasteiger partial charge in [-0.15, -0.1) is 11.3 Å². The average molecular weight is 360 g/mol. The molecule has 25 heavy (non-hydrogen) atoms. The van der Waals surface area contributed by atoms with E-state index in [1.807, 2.05) is 11.9 Å². The molecule has 0 saturated heterocycles. The number of thiophene rings is 1. The maximum Gasteiger partial charge on any atom is 0.350 e. The highest BCUT2D eigenvalue weighted by Crippen LogP contribution is 2.23. The van der Waals surface area contributed by atoms with Crippen LogP contribution in [0, 0.1) is 0 Å². The smallest absolute Gasteiger partial charge is 0.350 e. The summed E-state index contributed by atoms with van der Waals surface area (Å²) in [6.45, 7) is 5.25. The standard InChI is InChI=1S/C19H24N2O3S/c1-13(2)15-7-5-14(6-8-15)11-21(3)12-17(22)20-16-9-10-25-18(16)19(23)24-4/h5-10,13H,11-12H2,1-4H3,(H,20,22). The van der Waals surface area contributed by atoms with Gasteiger partial charge in [0, 0.05) is 6.54 Å². The molecule has 0 bridgehead atoms. The van der Waals surface area contributed by atoms with E-state index in [-0.39, 0.29) is 12.5 Å². The van der Waals surface area contributed by atoms with Crippen LogP contribution in [0.4, 0.5) is 5.69 Å². The van der Waals surface area contributed by atoms with Crippen LogP contribution in [0.3, 0.4) is 0 Å². The average Bonchev–Trinajstić information content (AvgIpc) is 3.02. The highest BCUT2D eigenvalue weighted by atomic mass is 32.1. The summed E-state index contributed by atoms with van der Waals surface area (Å²) < 4.78 is 4.71. The molecule has 1 amide bonds. The molecule has 2 aromatic rings. The third-order valence-corrected chi connectivity index (χ3v) is 4.72. The first kappa shape index (κ1) is 19.1. The summed E-state index contributed by atoms with van der Waals surface area (Å²) in [5.41, 5.74) is 2.96. The van der Waals surface area contributed by atoms with Gasteiger partial charge >= 0.3 is 5.97 Å². The number of carbonyl (C=O) groups is 2. The number of ether oxygens (including phenoxy) is 1. The first-order chi connectivity index (χ1) is 11.9. The molecule has 134 valence electrons. The zero-order valence-electron chi connectivity index (χ0n) is 15.0. The van der Waals surface area contributed by atoms with Gasteiger partial charge in [-0.2, -0.15) is 0 Å². The minimum Gasteiger partial charge on any atom is -0.465 e. The summed E-state index contributed by atoms with van der Waals surface area (Å²) in [5, 5.41) is 4.53. The van der Waals surface area contributed by atoms with Gasteiger partial charge in [-0.1, -0.05) is 38.1 Å². The van der Waals surface area contributed by atoms with E-state index in [0.29, 0.717) is 23.0 Å². The van der Waals surface area contributed by atoms with Gasteiger partial charge < -0.3 is 10.1 Å². The van der Waals surface area contributed by atoms with Crippen molar-refractivity contribution in [3.05, 3.63) is 51.7 Å². The molecule has 0 radical (unpaired) electrons. The van der Waals surface area contributed by atoms with Crippen LogP contribution >= 0.6 is 11.3 Å². The Hall–Kier alpha value is -2.18. The minimum atomic E-state index is -0.441. The quantitative estimate of drug-likeness (QED) is 0.765. The molecule has 0 spiro atoms. The lowest BCUT2D eigenvalue weighted by Crippen LogP contribution is -2.30. The fourth-order valence-corrected chi connectivity index (χ4v) is 3.23. The zero-order valence-corrected chi connectivity index (χ0v) is 15.9. The Kier molecular flexibility index (Phi) is 6.73. The lowest BCUT2D eigenvalue weighted by molar-refractivity contribution is -0.117. The Balaban J connectivity index is 1.90. The fourth-order valence-electron chi connectivity index (χ4n) is 2.47. The minimum absolute atomic E-state index is 0.162. The lowest BCUT2D eigenvalue weighted by Gasteiger charge is -2.17. The number of rotatable bonds is 7. The van der Waals surface area contributed by atoms with Gasteiger partial charge in [0.15, 0.2) is 0 Å². The normalized spacial score (nSPS) is 11.0. The van der Waals surface area contributed by atoms with Crippen LogP contribution in [0.2, 0.25) is 0 Å². The molecule has 0 atom stereocenters. The van der Waals surface area contributed by atoms with Crippen molar-refractivity contribution in [2.24, 2.45) is 0 Å². The van der Waals surface area contributed by atoms with Gasteiger partial charge in [0.05, 0.1) is 19.3 Å². The number of likely N-dealkylation sites (N-methyl/N-ethyl adjacent to an activating group) is 1. The van der Waals surface area contributed by atoms with E-state index in [4.69, 9.17) is 4.74 Å². The van der Waals surface area contributed by atoms with E-state index < -0.39 is 5.97 Å². The zero-order chi connectivity index (χ0) is 18.4. The number of hydrogen-bond donors (Lipinski definition) is 1. The Morgan fingerprint density at radius 2 is 1.88 bits per heavy atom. The third-order valence-electron chi connectivity index (χ3n) is 3.82. The fraction of sp³-hybridized carbons (Fsp3) is 0.368. The van der Waals surface area contributed by atoms with E-state index in [2.05, 4.69) is 43.4 Å². The largest absolute Gasteiger partial charge is 0.465 e. The number of methoxy groups -OCH3 is 1. The van der Waals surface area contributed by atoms with Crippen molar-refractivity contribution in [2.75, 3.05) is 26.0 Å². The molecule has 0 aliphatic rings. The van der Waals surface area contributed by atoms with Gasteiger partial charge in [-0.25, -0.2) is 4.79 Å². The number of hydrogen-bond acceptors (Lipinski definition) is 5. The molecule has 1 aromatic heterocycles. The van der Waals surface area contributed by atoms with Gasteiger partial charge in [0.2, 0.25) is 5.91 Å². The first-order valence-corrected chi connectivity index (χ1v) is 9.01. The van der Waals surface area contributed by atoms with Crippen molar-refractivity contribution < 1.29 is 14.3 Å². The topological polar surface area (TPSA) is 58.6 Å². The molecule has 1 N–H and O–H groups in total. The Morgan fingerprint density at radius 3 is 2.48 bits per heavy atom. The van der Waals surface area contributed by atoms with Gasteiger partial charge in [0.25, 0.3) is 0 Å². The molecule has 1 aromatic carbocycles. The molecule has 0 aliphatic heterocycles. The van der Waals surface area contributed by atoms with E-state index in [1.165, 1.54) is 24.0 Å². The Morgan fingerprint density at radius 1 is 1.20 bits per heavy atom. The second-order valence-electron chi connectivity index (χ2n) is 6.27. The van der Waals surface area contributed by atoms with Crippen LogP contribution in [0.5, 0.6) is 0 Å². The molecule has 6 heteroatoms. The number of nitrogens with zero attached hydrogens (tertiary/aromatic N) is 1. The summed E-state index contributed by atoms with van der Waals surface area (Å²) in [4.78, 5) is 26.2. The van der Waals surface area contributed by atoms with Crippen LogP contribution in [-0.2, 0) is 16.1 Å². The highest BCUT2D eigenvalue weighted by molar-refractivity contribution is 7.12. The van der Waals surface area contributed by atoms with E-state index >= 15 is 0 Å². The second kappa shape index (κ2) is 8.78. The summed E-state index contributed by atoms with van der Waals surface area (Å²) >= 11 is 1.25. The summed E-state index contributed by atoms with van der Waals surface area (Å²) in [5.74, 6) is -0.0964. The molecule has 0 unspecified atom stereocenters. The molecular weight excluding hydrogens is 336 g/mol. The van der Waals surface area contributed by atoms with Crippen molar-refractivity contribution in [1.29, 1.82) is 0 Å². The highest BCUT2D eigenvalue weighted by Gasteiger charge is 2.16. The van der Waals surface area contributed by atoms with Gasteiger partial charge in [-0.3, -0.25) is 9.69 Å². The van der Waals surface area contributed by atoms with Crippen molar-refractivity contribution in [2.45, 2.75) is 26.3 Å². The molecule has 0 saturated carbocycles. The second-order valence-corrected chi connectivity index (χ2v) is 7.19. The van der Waals surface area contributed by atoms with Crippen LogP contribution in [0.1, 0.15) is 40.6 Å². The number of nitrogens with one attached hydrogen (secondary N) is 1. The molecular formula is C19H24N2O3S. The summed E-state index contributed by atoms with van der Waals surface area (Å²) in [6, 6.07) is 10.2. The van der Waals surface area contributed by atoms with Crippen molar-refractivity contribution >= 4 is 28.9 Å². The number of benzene rings is 1. The molecule has 5 nitrogen and oxygen atoms in total. The van der Waals surface area contributed by atoms with E-state index in [9.17, 15) is 9.59 Å². The number of carbonyl (C=O) groups excluding carboxylic acids is 2. The predicted octanol–water partition coefficient (Wildman–Crippen LogP) is 3.73. The van der Waals surface area contributed by atoms with Gasteiger partial charge in [-0.05, 0) is 35.5 Å². The molecule has 1 heterocycles.